The predicted octanol–water partition coefficient (Wildman–Crippen LogP) is 1.57. The molecule has 0 saturated heterocycles. The van der Waals surface area contributed by atoms with Gasteiger partial charge in [0.05, 0.1) is 0 Å². The highest BCUT2D eigenvalue weighted by molar-refractivity contribution is 5.39. The Balaban J connectivity index is 2.79. The lowest BCUT2D eigenvalue weighted by atomic mass is 10.2. The van der Waals surface area contributed by atoms with Crippen molar-refractivity contribution in [1.29, 1.82) is 0 Å². The first-order valence-corrected chi connectivity index (χ1v) is 4.99. The molecule has 3 heteroatoms. The molecule has 0 fully saturated rings. The van der Waals surface area contributed by atoms with E-state index in [1.807, 2.05) is 19.0 Å². The first kappa shape index (κ1) is 11.0. The molecule has 1 aromatic rings. The summed E-state index contributed by atoms with van der Waals surface area (Å²) in [4.78, 5) is 6.53. The largest absolute Gasteiger partial charge is 0.363 e. The van der Waals surface area contributed by atoms with E-state index in [-0.39, 0.29) is 0 Å². The zero-order valence-corrected chi connectivity index (χ0v) is 9.46. The van der Waals surface area contributed by atoms with Gasteiger partial charge in [-0.15, -0.1) is 0 Å². The van der Waals surface area contributed by atoms with Gasteiger partial charge in [0, 0.05) is 26.3 Å². The molecule has 0 radical (unpaired) electrons. The minimum absolute atomic E-state index is 0.906. The number of nitrogens with one attached hydrogen (secondary N) is 1. The summed E-state index contributed by atoms with van der Waals surface area (Å²) >= 11 is 0. The molecule has 1 rings (SSSR count). The zero-order chi connectivity index (χ0) is 10.6. The maximum absolute atomic E-state index is 4.51. The van der Waals surface area contributed by atoms with Crippen molar-refractivity contribution >= 4 is 5.82 Å². The summed E-state index contributed by atoms with van der Waals surface area (Å²) in [6, 6.07) is 4.19. The maximum atomic E-state index is 4.51. The Morgan fingerprint density at radius 3 is 2.57 bits per heavy atom. The molecule has 0 amide bonds. The zero-order valence-electron chi connectivity index (χ0n) is 9.46. The van der Waals surface area contributed by atoms with Crippen molar-refractivity contribution in [2.24, 2.45) is 0 Å². The highest BCUT2D eigenvalue weighted by atomic mass is 15.1. The third-order valence-electron chi connectivity index (χ3n) is 2.20. The fourth-order valence-electron chi connectivity index (χ4n) is 1.27. The van der Waals surface area contributed by atoms with Crippen LogP contribution < -0.4 is 10.2 Å². The van der Waals surface area contributed by atoms with Crippen LogP contribution in [0.25, 0.3) is 0 Å². The lowest BCUT2D eigenvalue weighted by molar-refractivity contribution is 0.719. The summed E-state index contributed by atoms with van der Waals surface area (Å²) in [5, 5.41) is 3.30. The van der Waals surface area contributed by atoms with Gasteiger partial charge in [0.15, 0.2) is 0 Å². The van der Waals surface area contributed by atoms with E-state index in [0.29, 0.717) is 0 Å². The first-order chi connectivity index (χ1) is 6.65. The monoisotopic (exact) mass is 193 g/mol. The van der Waals surface area contributed by atoms with Crippen LogP contribution in [0.2, 0.25) is 0 Å². The van der Waals surface area contributed by atoms with E-state index in [1.54, 1.807) is 0 Å². The lowest BCUT2D eigenvalue weighted by Gasteiger charge is -2.13. The summed E-state index contributed by atoms with van der Waals surface area (Å²) in [7, 11) is 4.01. The molecule has 0 aromatic carbocycles. The lowest BCUT2D eigenvalue weighted by Crippen LogP contribution is -2.15. The molecule has 0 aliphatic carbocycles. The standard InChI is InChI=1S/C11H19N3/c1-5-12-8-10-6-7-11(14(3)4)13-9(10)2/h6-7,12H,5,8H2,1-4H3. The Morgan fingerprint density at radius 1 is 1.36 bits per heavy atom. The Hall–Kier alpha value is -1.09. The van der Waals surface area contributed by atoms with E-state index < -0.39 is 0 Å². The molecule has 3 nitrogen and oxygen atoms in total. The molecule has 0 atom stereocenters. The molecule has 0 spiro atoms. The Bertz CT molecular complexity index is 295. The van der Waals surface area contributed by atoms with E-state index >= 15 is 0 Å². The smallest absolute Gasteiger partial charge is 0.128 e. The van der Waals surface area contributed by atoms with Crippen LogP contribution in [0.1, 0.15) is 18.2 Å². The number of hydrogen-bond acceptors (Lipinski definition) is 3. The Morgan fingerprint density at radius 2 is 2.07 bits per heavy atom. The molecule has 0 saturated carbocycles. The summed E-state index contributed by atoms with van der Waals surface area (Å²) in [5.41, 5.74) is 2.38. The number of aryl methyl sites for hydroxylation is 1. The van der Waals surface area contributed by atoms with Gasteiger partial charge in [-0.3, -0.25) is 0 Å². The topological polar surface area (TPSA) is 28.2 Å². The van der Waals surface area contributed by atoms with Crippen molar-refractivity contribution in [3.05, 3.63) is 23.4 Å². The number of aromatic nitrogens is 1. The molecular weight excluding hydrogens is 174 g/mol. The van der Waals surface area contributed by atoms with Crippen molar-refractivity contribution in [2.75, 3.05) is 25.5 Å². The van der Waals surface area contributed by atoms with E-state index in [1.165, 1.54) is 5.56 Å². The second-order valence-corrected chi connectivity index (χ2v) is 3.59. The summed E-state index contributed by atoms with van der Waals surface area (Å²) in [5.74, 6) is 1.02. The van der Waals surface area contributed by atoms with Crippen molar-refractivity contribution in [1.82, 2.24) is 10.3 Å². The number of hydrogen-bond donors (Lipinski definition) is 1. The SMILES string of the molecule is CCNCc1ccc(N(C)C)nc1C. The van der Waals surface area contributed by atoms with Gasteiger partial charge in [-0.1, -0.05) is 13.0 Å². The molecule has 0 bridgehead atoms. The minimum Gasteiger partial charge on any atom is -0.363 e. The molecule has 1 N–H and O–H groups in total. The number of pyridine rings is 1. The quantitative estimate of drug-likeness (QED) is 0.786. The number of rotatable bonds is 4. The van der Waals surface area contributed by atoms with Crippen LogP contribution in [0.5, 0.6) is 0 Å². The maximum Gasteiger partial charge on any atom is 0.128 e. The van der Waals surface area contributed by atoms with Gasteiger partial charge in [-0.2, -0.15) is 0 Å². The van der Waals surface area contributed by atoms with E-state index in [0.717, 1.165) is 24.6 Å². The third kappa shape index (κ3) is 2.70. The minimum atomic E-state index is 0.906. The van der Waals surface area contributed by atoms with Gasteiger partial charge in [0.2, 0.25) is 0 Å². The highest BCUT2D eigenvalue weighted by Crippen LogP contribution is 2.12. The van der Waals surface area contributed by atoms with Gasteiger partial charge >= 0.3 is 0 Å². The molecule has 78 valence electrons. The summed E-state index contributed by atoms with van der Waals surface area (Å²) in [6.45, 7) is 6.06. The fraction of sp³-hybridized carbons (Fsp3) is 0.545. The predicted molar refractivity (Wildman–Crippen MR) is 60.7 cm³/mol. The van der Waals surface area contributed by atoms with Gasteiger partial charge in [0.1, 0.15) is 5.82 Å². The van der Waals surface area contributed by atoms with E-state index in [9.17, 15) is 0 Å². The molecule has 0 aliphatic rings. The summed E-state index contributed by atoms with van der Waals surface area (Å²) in [6.07, 6.45) is 0. The molecule has 1 aromatic heterocycles. The van der Waals surface area contributed by atoms with Crippen molar-refractivity contribution in [2.45, 2.75) is 20.4 Å². The molecular formula is C11H19N3. The van der Waals surface area contributed by atoms with Gasteiger partial charge < -0.3 is 10.2 Å². The van der Waals surface area contributed by atoms with Gasteiger partial charge in [-0.25, -0.2) is 4.98 Å². The third-order valence-corrected chi connectivity index (χ3v) is 2.20. The fourth-order valence-corrected chi connectivity index (χ4v) is 1.27. The second-order valence-electron chi connectivity index (χ2n) is 3.59. The molecule has 1 heterocycles. The first-order valence-electron chi connectivity index (χ1n) is 4.99. The number of nitrogens with zero attached hydrogens (tertiary/aromatic N) is 2. The van der Waals surface area contributed by atoms with Gasteiger partial charge in [0.25, 0.3) is 0 Å². The van der Waals surface area contributed by atoms with Crippen LogP contribution in [0.3, 0.4) is 0 Å². The average Bonchev–Trinajstić information content (AvgIpc) is 2.15. The average molecular weight is 193 g/mol. The van der Waals surface area contributed by atoms with Crippen molar-refractivity contribution < 1.29 is 0 Å². The van der Waals surface area contributed by atoms with Crippen LogP contribution in [0.4, 0.5) is 5.82 Å². The molecule has 0 aliphatic heterocycles. The van der Waals surface area contributed by atoms with Crippen LogP contribution in [0, 0.1) is 6.92 Å². The summed E-state index contributed by atoms with van der Waals surface area (Å²) < 4.78 is 0. The Labute approximate surface area is 86.2 Å². The van der Waals surface area contributed by atoms with Crippen molar-refractivity contribution in [3.8, 4) is 0 Å². The Kier molecular flexibility index (Phi) is 3.89. The van der Waals surface area contributed by atoms with Crippen molar-refractivity contribution in [3.63, 3.8) is 0 Å². The van der Waals surface area contributed by atoms with Crippen LogP contribution in [-0.2, 0) is 6.54 Å². The molecule has 14 heavy (non-hydrogen) atoms. The van der Waals surface area contributed by atoms with Crippen LogP contribution >= 0.6 is 0 Å². The van der Waals surface area contributed by atoms with Crippen LogP contribution in [-0.4, -0.2) is 25.6 Å². The van der Waals surface area contributed by atoms with E-state index in [2.05, 4.69) is 36.3 Å². The van der Waals surface area contributed by atoms with Crippen LogP contribution in [0.15, 0.2) is 12.1 Å². The van der Waals surface area contributed by atoms with Gasteiger partial charge in [-0.05, 0) is 25.1 Å². The van der Waals surface area contributed by atoms with E-state index in [4.69, 9.17) is 0 Å². The molecule has 0 unspecified atom stereocenters. The normalized spacial score (nSPS) is 10.3. The second kappa shape index (κ2) is 4.96. The number of anilines is 1. The highest BCUT2D eigenvalue weighted by Gasteiger charge is 2.02.